The maximum atomic E-state index is 12.1. The van der Waals surface area contributed by atoms with Crippen molar-refractivity contribution in [3.63, 3.8) is 0 Å². The molecule has 1 saturated heterocycles. The zero-order valence-electron chi connectivity index (χ0n) is 15.6. The second-order valence-electron chi connectivity index (χ2n) is 6.34. The first-order valence-corrected chi connectivity index (χ1v) is 9.00. The van der Waals surface area contributed by atoms with E-state index in [0.717, 1.165) is 51.1 Å². The van der Waals surface area contributed by atoms with Crippen LogP contribution in [0.4, 0.5) is 0 Å². The number of hydrogen-bond acceptors (Lipinski definition) is 5. The summed E-state index contributed by atoms with van der Waals surface area (Å²) >= 11 is 0. The summed E-state index contributed by atoms with van der Waals surface area (Å²) in [6.07, 6.45) is 7.69. The van der Waals surface area contributed by atoms with Gasteiger partial charge in [-0.15, -0.1) is 12.4 Å². The van der Waals surface area contributed by atoms with Gasteiger partial charge in [0.1, 0.15) is 0 Å². The van der Waals surface area contributed by atoms with Gasteiger partial charge in [0.05, 0.1) is 13.4 Å². The topological polar surface area (TPSA) is 68.6 Å². The summed E-state index contributed by atoms with van der Waals surface area (Å²) < 4.78 is 13.1. The van der Waals surface area contributed by atoms with Crippen LogP contribution in [0.3, 0.4) is 0 Å². The summed E-state index contributed by atoms with van der Waals surface area (Å²) in [5, 5.41) is 3.39. The first-order chi connectivity index (χ1) is 12.8. The Morgan fingerprint density at radius 2 is 2.07 bits per heavy atom. The number of methoxy groups -OCH3 is 1. The van der Waals surface area contributed by atoms with Crippen molar-refractivity contribution in [3.05, 3.63) is 42.5 Å². The van der Waals surface area contributed by atoms with Crippen molar-refractivity contribution >= 4 is 18.3 Å². The lowest BCUT2D eigenvalue weighted by molar-refractivity contribution is -0.132. The van der Waals surface area contributed by atoms with Crippen LogP contribution in [0.5, 0.6) is 11.5 Å². The Labute approximate surface area is 166 Å². The number of halogens is 1. The fraction of sp³-hybridized carbons (Fsp3) is 0.474. The Balaban J connectivity index is 0.00000261. The van der Waals surface area contributed by atoms with E-state index in [1.54, 1.807) is 19.6 Å². The summed E-state index contributed by atoms with van der Waals surface area (Å²) in [6.45, 7) is 4.18. The van der Waals surface area contributed by atoms with Gasteiger partial charge in [-0.05, 0) is 30.5 Å². The van der Waals surface area contributed by atoms with E-state index in [1.807, 2.05) is 33.9 Å². The van der Waals surface area contributed by atoms with Gasteiger partial charge in [-0.25, -0.2) is 4.98 Å². The molecule has 1 aromatic carbocycles. The van der Waals surface area contributed by atoms with Crippen LogP contribution in [-0.2, 0) is 17.9 Å². The summed E-state index contributed by atoms with van der Waals surface area (Å²) in [6, 6.07) is 5.80. The second-order valence-corrected chi connectivity index (χ2v) is 6.34. The molecule has 0 radical (unpaired) electrons. The highest BCUT2D eigenvalue weighted by Crippen LogP contribution is 2.28. The molecular formula is C19H27ClN4O3. The number of nitrogens with zero attached hydrogens (tertiary/aromatic N) is 3. The van der Waals surface area contributed by atoms with Gasteiger partial charge in [-0.3, -0.25) is 4.79 Å². The van der Waals surface area contributed by atoms with Crippen LogP contribution in [0.1, 0.15) is 18.4 Å². The van der Waals surface area contributed by atoms with Crippen LogP contribution >= 0.6 is 12.4 Å². The summed E-state index contributed by atoms with van der Waals surface area (Å²) in [4.78, 5) is 18.0. The smallest absolute Gasteiger partial charge is 0.260 e. The van der Waals surface area contributed by atoms with Gasteiger partial charge < -0.3 is 24.3 Å². The van der Waals surface area contributed by atoms with Gasteiger partial charge in [0.25, 0.3) is 5.91 Å². The minimum Gasteiger partial charge on any atom is -0.493 e. The Morgan fingerprint density at radius 3 is 2.78 bits per heavy atom. The first-order valence-electron chi connectivity index (χ1n) is 9.00. The second kappa shape index (κ2) is 10.8. The van der Waals surface area contributed by atoms with E-state index in [9.17, 15) is 4.79 Å². The van der Waals surface area contributed by atoms with Crippen molar-refractivity contribution in [1.29, 1.82) is 0 Å². The van der Waals surface area contributed by atoms with Gasteiger partial charge in [0.15, 0.2) is 18.1 Å². The van der Waals surface area contributed by atoms with Gasteiger partial charge >= 0.3 is 0 Å². The highest BCUT2D eigenvalue weighted by atomic mass is 35.5. The summed E-state index contributed by atoms with van der Waals surface area (Å²) in [7, 11) is 1.61. The molecule has 0 spiro atoms. The molecule has 2 heterocycles. The minimum atomic E-state index is 0. The number of likely N-dealkylation sites (tertiary alicyclic amines) is 1. The van der Waals surface area contributed by atoms with Crippen molar-refractivity contribution < 1.29 is 14.3 Å². The van der Waals surface area contributed by atoms with Gasteiger partial charge in [-0.2, -0.15) is 0 Å². The van der Waals surface area contributed by atoms with Crippen LogP contribution in [-0.4, -0.2) is 53.7 Å². The molecule has 0 bridgehead atoms. The number of nitrogens with one attached hydrogen (secondary N) is 1. The number of ether oxygens (including phenoxy) is 2. The number of benzene rings is 1. The van der Waals surface area contributed by atoms with Crippen molar-refractivity contribution in [2.24, 2.45) is 0 Å². The highest BCUT2D eigenvalue weighted by molar-refractivity contribution is 5.85. The van der Waals surface area contributed by atoms with Gasteiger partial charge in [-0.1, -0.05) is 6.07 Å². The summed E-state index contributed by atoms with van der Waals surface area (Å²) in [5.74, 6) is 1.28. The largest absolute Gasteiger partial charge is 0.493 e. The van der Waals surface area contributed by atoms with Crippen molar-refractivity contribution in [1.82, 2.24) is 19.8 Å². The summed E-state index contributed by atoms with van der Waals surface area (Å²) in [5.41, 5.74) is 1.10. The first kappa shape index (κ1) is 21.1. The average Bonchev–Trinajstić information content (AvgIpc) is 3.37. The lowest BCUT2D eigenvalue weighted by atomic mass is 10.2. The predicted octanol–water partition coefficient (Wildman–Crippen LogP) is 2.10. The Kier molecular flexibility index (Phi) is 8.42. The van der Waals surface area contributed by atoms with Gasteiger partial charge in [0, 0.05) is 45.1 Å². The molecule has 1 amide bonds. The zero-order chi connectivity index (χ0) is 18.2. The fourth-order valence-corrected chi connectivity index (χ4v) is 3.00. The molecule has 1 aromatic heterocycles. The number of carbonyl (C=O) groups excluding carboxylic acids is 1. The average molecular weight is 395 g/mol. The Hall–Kier alpha value is -2.25. The standard InChI is InChI=1S/C19H26N4O3.ClH/c1-25-18-12-16(13-20-6-10-22-11-7-21-15-22)4-5-17(18)26-14-19(24)23-8-2-3-9-23;/h4-5,7,11-12,15,20H,2-3,6,8-10,13-14H2,1H3;1H. The Morgan fingerprint density at radius 1 is 1.26 bits per heavy atom. The molecule has 0 unspecified atom stereocenters. The minimum absolute atomic E-state index is 0. The SMILES string of the molecule is COc1cc(CNCCn2ccnc2)ccc1OCC(=O)N1CCCC1.Cl. The molecule has 1 fully saturated rings. The molecule has 148 valence electrons. The quantitative estimate of drug-likeness (QED) is 0.660. The lowest BCUT2D eigenvalue weighted by Gasteiger charge is -2.17. The van der Waals surface area contributed by atoms with Crippen molar-refractivity contribution in [3.8, 4) is 11.5 Å². The zero-order valence-corrected chi connectivity index (χ0v) is 16.4. The Bertz CT molecular complexity index is 703. The number of amides is 1. The monoisotopic (exact) mass is 394 g/mol. The molecule has 1 aliphatic rings. The van der Waals surface area contributed by atoms with E-state index in [0.29, 0.717) is 11.5 Å². The molecule has 8 heteroatoms. The molecule has 1 aliphatic heterocycles. The van der Waals surface area contributed by atoms with E-state index in [4.69, 9.17) is 9.47 Å². The van der Waals surface area contributed by atoms with E-state index in [-0.39, 0.29) is 24.9 Å². The van der Waals surface area contributed by atoms with E-state index in [2.05, 4.69) is 10.3 Å². The molecule has 0 aliphatic carbocycles. The molecule has 0 saturated carbocycles. The maximum absolute atomic E-state index is 12.1. The van der Waals surface area contributed by atoms with Crippen LogP contribution in [0, 0.1) is 0 Å². The lowest BCUT2D eigenvalue weighted by Crippen LogP contribution is -2.32. The van der Waals surface area contributed by atoms with Crippen LogP contribution < -0.4 is 14.8 Å². The van der Waals surface area contributed by atoms with E-state index in [1.165, 1.54) is 0 Å². The third-order valence-corrected chi connectivity index (χ3v) is 4.47. The highest BCUT2D eigenvalue weighted by Gasteiger charge is 2.18. The number of rotatable bonds is 9. The maximum Gasteiger partial charge on any atom is 0.260 e. The fourth-order valence-electron chi connectivity index (χ4n) is 3.00. The normalized spacial score (nSPS) is 13.3. The molecule has 7 nitrogen and oxygen atoms in total. The predicted molar refractivity (Wildman–Crippen MR) is 105 cm³/mol. The molecule has 1 N–H and O–H groups in total. The molecule has 3 rings (SSSR count). The molecular weight excluding hydrogens is 368 g/mol. The third-order valence-electron chi connectivity index (χ3n) is 4.47. The van der Waals surface area contributed by atoms with E-state index < -0.39 is 0 Å². The number of carbonyl (C=O) groups is 1. The van der Waals surface area contributed by atoms with Crippen LogP contribution in [0.15, 0.2) is 36.9 Å². The number of aromatic nitrogens is 2. The third kappa shape index (κ3) is 6.15. The number of hydrogen-bond donors (Lipinski definition) is 1. The molecule has 27 heavy (non-hydrogen) atoms. The van der Waals surface area contributed by atoms with Crippen molar-refractivity contribution in [2.75, 3.05) is 33.4 Å². The van der Waals surface area contributed by atoms with Gasteiger partial charge in [0.2, 0.25) is 0 Å². The van der Waals surface area contributed by atoms with Crippen LogP contribution in [0.2, 0.25) is 0 Å². The molecule has 0 atom stereocenters. The number of imidazole rings is 1. The van der Waals surface area contributed by atoms with Crippen LogP contribution in [0.25, 0.3) is 0 Å². The van der Waals surface area contributed by atoms with Crippen molar-refractivity contribution in [2.45, 2.75) is 25.9 Å². The molecule has 2 aromatic rings. The van der Waals surface area contributed by atoms with E-state index >= 15 is 0 Å².